The third kappa shape index (κ3) is 11.2. The number of ether oxygens (including phenoxy) is 2. The first kappa shape index (κ1) is 33.3. The van der Waals surface area contributed by atoms with Crippen LogP contribution in [0.2, 0.25) is 0 Å². The van der Waals surface area contributed by atoms with E-state index in [1.54, 1.807) is 24.3 Å². The van der Waals surface area contributed by atoms with Gasteiger partial charge in [-0.15, -0.1) is 0 Å². The molecule has 4 aromatic carbocycles. The van der Waals surface area contributed by atoms with Crippen LogP contribution in [0.3, 0.4) is 0 Å². The topological polar surface area (TPSA) is 99.4 Å². The van der Waals surface area contributed by atoms with E-state index in [9.17, 15) is 20.1 Å². The van der Waals surface area contributed by atoms with Crippen LogP contribution in [0, 0.1) is 0 Å². The molecular weight excluding hydrogens is 550 g/mol. The molecule has 0 heterocycles. The quantitative estimate of drug-likeness (QED) is 0.0817. The van der Waals surface area contributed by atoms with Gasteiger partial charge in [0.15, 0.2) is 0 Å². The highest BCUT2D eigenvalue weighted by Gasteiger charge is 2.11. The summed E-state index contributed by atoms with van der Waals surface area (Å²) < 4.78 is 11.8. The molecule has 44 heavy (non-hydrogen) atoms. The molecule has 0 radical (unpaired) electrons. The second kappa shape index (κ2) is 18.3. The maximum absolute atomic E-state index is 9.23. The van der Waals surface area contributed by atoms with E-state index in [0.717, 1.165) is 59.8 Å². The Morgan fingerprint density at radius 1 is 0.341 bits per heavy atom. The lowest BCUT2D eigenvalue weighted by molar-refractivity contribution is 0.303. The average molecular weight is 594 g/mol. The maximum atomic E-state index is 9.23. The van der Waals surface area contributed by atoms with Crippen molar-refractivity contribution in [3.8, 4) is 33.8 Å². The van der Waals surface area contributed by atoms with E-state index in [1.165, 1.54) is 51.4 Å². The van der Waals surface area contributed by atoms with Gasteiger partial charge in [0.25, 0.3) is 0 Å². The number of benzene rings is 4. The molecule has 0 spiro atoms. The third-order valence-electron chi connectivity index (χ3n) is 7.87. The molecule has 0 aliphatic heterocycles. The zero-order chi connectivity index (χ0) is 31.0. The van der Waals surface area contributed by atoms with Crippen LogP contribution in [0.1, 0.15) is 64.2 Å². The van der Waals surface area contributed by atoms with E-state index in [0.29, 0.717) is 10.9 Å². The van der Waals surface area contributed by atoms with Crippen molar-refractivity contribution in [2.75, 3.05) is 13.2 Å². The summed E-state index contributed by atoms with van der Waals surface area (Å²) in [6, 6.07) is 30.5. The molecule has 0 saturated carbocycles. The Labute approximate surface area is 262 Å². The molecule has 0 fully saturated rings. The fourth-order valence-corrected chi connectivity index (χ4v) is 5.18. The lowest BCUT2D eigenvalue weighted by Gasteiger charge is -2.09. The maximum Gasteiger partial charge on any atom is 0.488 e. The Hall–Kier alpha value is -3.55. The number of hydrogen-bond acceptors (Lipinski definition) is 6. The minimum atomic E-state index is -1.44. The van der Waals surface area contributed by atoms with Gasteiger partial charge in [-0.2, -0.15) is 0 Å². The highest BCUT2D eigenvalue weighted by molar-refractivity contribution is 6.58. The molecule has 230 valence electrons. The van der Waals surface area contributed by atoms with Crippen LogP contribution in [-0.2, 0) is 0 Å². The third-order valence-corrected chi connectivity index (χ3v) is 7.87. The number of unbranched alkanes of at least 4 members (excludes halogenated alkanes) is 9. The summed E-state index contributed by atoms with van der Waals surface area (Å²) in [4.78, 5) is 0. The number of hydrogen-bond donors (Lipinski definition) is 4. The summed E-state index contributed by atoms with van der Waals surface area (Å²) in [5, 5.41) is 36.9. The Balaban J connectivity index is 0.957. The van der Waals surface area contributed by atoms with Crippen LogP contribution in [0.25, 0.3) is 22.3 Å². The highest BCUT2D eigenvalue weighted by Crippen LogP contribution is 2.23. The summed E-state index contributed by atoms with van der Waals surface area (Å²) in [7, 11) is -2.88. The van der Waals surface area contributed by atoms with Gasteiger partial charge in [0.1, 0.15) is 11.5 Å². The average Bonchev–Trinajstić information content (AvgIpc) is 3.05. The molecule has 0 unspecified atom stereocenters. The van der Waals surface area contributed by atoms with Crippen molar-refractivity contribution in [3.05, 3.63) is 97.1 Å². The van der Waals surface area contributed by atoms with Gasteiger partial charge in [-0.1, -0.05) is 124 Å². The van der Waals surface area contributed by atoms with Crippen molar-refractivity contribution in [2.24, 2.45) is 0 Å². The van der Waals surface area contributed by atoms with Gasteiger partial charge in [-0.25, -0.2) is 0 Å². The standard InChI is InChI=1S/C36H44B2O6/c39-37(40)33-19-11-29(12-20-33)31-15-23-35(24-16-31)43-27-9-7-5-3-1-2-4-6-8-10-28-44-36-25-17-32(18-26-36)30-13-21-34(22-14-30)38(41)42/h11-26,39-42H,1-10,27-28H2. The van der Waals surface area contributed by atoms with E-state index < -0.39 is 14.2 Å². The van der Waals surface area contributed by atoms with Gasteiger partial charge < -0.3 is 29.6 Å². The fraction of sp³-hybridized carbons (Fsp3) is 0.333. The molecule has 0 saturated heterocycles. The summed E-state index contributed by atoms with van der Waals surface area (Å²) in [6.07, 6.45) is 12.2. The van der Waals surface area contributed by atoms with Crippen molar-refractivity contribution in [1.29, 1.82) is 0 Å². The highest BCUT2D eigenvalue weighted by atomic mass is 16.5. The van der Waals surface area contributed by atoms with Crippen LogP contribution in [0.4, 0.5) is 0 Å². The fourth-order valence-electron chi connectivity index (χ4n) is 5.18. The van der Waals surface area contributed by atoms with Gasteiger partial charge in [-0.05, 0) is 70.3 Å². The normalized spacial score (nSPS) is 10.9. The molecule has 8 heteroatoms. The van der Waals surface area contributed by atoms with Crippen LogP contribution < -0.4 is 20.4 Å². The molecule has 0 atom stereocenters. The van der Waals surface area contributed by atoms with Gasteiger partial charge in [0.2, 0.25) is 0 Å². The lowest BCUT2D eigenvalue weighted by atomic mass is 9.80. The van der Waals surface area contributed by atoms with Crippen LogP contribution >= 0.6 is 0 Å². The largest absolute Gasteiger partial charge is 0.494 e. The molecule has 0 amide bonds. The first-order chi connectivity index (χ1) is 21.5. The predicted octanol–water partition coefficient (Wildman–Crippen LogP) is 5.74. The zero-order valence-electron chi connectivity index (χ0n) is 25.5. The summed E-state index contributed by atoms with van der Waals surface area (Å²) in [5.41, 5.74) is 5.16. The molecule has 0 aliphatic rings. The molecule has 6 nitrogen and oxygen atoms in total. The van der Waals surface area contributed by atoms with Crippen molar-refractivity contribution < 1.29 is 29.6 Å². The molecule has 4 N–H and O–H groups in total. The van der Waals surface area contributed by atoms with Crippen molar-refractivity contribution >= 4 is 25.2 Å². The van der Waals surface area contributed by atoms with Gasteiger partial charge in [0, 0.05) is 0 Å². The van der Waals surface area contributed by atoms with Crippen LogP contribution in [-0.4, -0.2) is 47.5 Å². The zero-order valence-corrected chi connectivity index (χ0v) is 25.5. The van der Waals surface area contributed by atoms with Crippen molar-refractivity contribution in [2.45, 2.75) is 64.2 Å². The van der Waals surface area contributed by atoms with Gasteiger partial charge in [0.05, 0.1) is 13.2 Å². The second-order valence-corrected chi connectivity index (χ2v) is 11.3. The van der Waals surface area contributed by atoms with Crippen LogP contribution in [0.15, 0.2) is 97.1 Å². The van der Waals surface area contributed by atoms with E-state index in [2.05, 4.69) is 0 Å². The van der Waals surface area contributed by atoms with Gasteiger partial charge in [-0.3, -0.25) is 0 Å². The van der Waals surface area contributed by atoms with E-state index in [-0.39, 0.29) is 0 Å². The SMILES string of the molecule is OB(O)c1ccc(-c2ccc(OCCCCCCCCCCCCOc3ccc(-c4ccc(B(O)O)cc4)cc3)cc2)cc1. The molecule has 4 rings (SSSR count). The van der Waals surface area contributed by atoms with Gasteiger partial charge >= 0.3 is 14.2 Å². The monoisotopic (exact) mass is 594 g/mol. The molecule has 4 aromatic rings. The van der Waals surface area contributed by atoms with E-state index in [4.69, 9.17) is 9.47 Å². The Bertz CT molecular complexity index is 1230. The minimum absolute atomic E-state index is 0.486. The Morgan fingerprint density at radius 2 is 0.591 bits per heavy atom. The second-order valence-electron chi connectivity index (χ2n) is 11.3. The van der Waals surface area contributed by atoms with E-state index >= 15 is 0 Å². The molecular formula is C36H44B2O6. The number of rotatable bonds is 19. The first-order valence-corrected chi connectivity index (χ1v) is 15.9. The summed E-state index contributed by atoms with van der Waals surface area (Å²) >= 11 is 0. The van der Waals surface area contributed by atoms with Crippen molar-refractivity contribution in [1.82, 2.24) is 0 Å². The van der Waals surface area contributed by atoms with E-state index in [1.807, 2.05) is 72.8 Å². The summed E-state index contributed by atoms with van der Waals surface area (Å²) in [5.74, 6) is 1.76. The smallest absolute Gasteiger partial charge is 0.488 e. The minimum Gasteiger partial charge on any atom is -0.494 e. The first-order valence-electron chi connectivity index (χ1n) is 15.9. The Kier molecular flexibility index (Phi) is 13.9. The Morgan fingerprint density at radius 3 is 0.864 bits per heavy atom. The van der Waals surface area contributed by atoms with Crippen molar-refractivity contribution in [3.63, 3.8) is 0 Å². The predicted molar refractivity (Wildman–Crippen MR) is 181 cm³/mol. The van der Waals surface area contributed by atoms with Crippen LogP contribution in [0.5, 0.6) is 11.5 Å². The molecule has 0 bridgehead atoms. The lowest BCUT2D eigenvalue weighted by Crippen LogP contribution is -2.29. The molecule has 0 aromatic heterocycles. The molecule has 0 aliphatic carbocycles. The summed E-state index contributed by atoms with van der Waals surface area (Å²) in [6.45, 7) is 1.47.